The minimum atomic E-state index is 0.174. The summed E-state index contributed by atoms with van der Waals surface area (Å²) in [6.07, 6.45) is 3.88. The van der Waals surface area contributed by atoms with Crippen LogP contribution < -0.4 is 0 Å². The molecule has 3 heteroatoms. The molecule has 2 fully saturated rings. The van der Waals surface area contributed by atoms with Gasteiger partial charge in [0.25, 0.3) is 5.91 Å². The van der Waals surface area contributed by atoms with Gasteiger partial charge >= 0.3 is 0 Å². The zero-order valence-corrected chi connectivity index (χ0v) is 14.7. The molecule has 1 saturated carbocycles. The molecular formula is C22H26N2O. The molecule has 130 valence electrons. The van der Waals surface area contributed by atoms with Gasteiger partial charge in [-0.2, -0.15) is 0 Å². The van der Waals surface area contributed by atoms with Gasteiger partial charge in [0.2, 0.25) is 0 Å². The molecule has 0 spiro atoms. The molecule has 1 aliphatic carbocycles. The minimum Gasteiger partial charge on any atom is -0.337 e. The maximum absolute atomic E-state index is 12.8. The third-order valence-electron chi connectivity index (χ3n) is 5.33. The molecule has 0 aromatic heterocycles. The Morgan fingerprint density at radius 1 is 0.840 bits per heavy atom. The highest BCUT2D eigenvalue weighted by atomic mass is 16.2. The van der Waals surface area contributed by atoms with Crippen molar-refractivity contribution in [2.24, 2.45) is 5.92 Å². The van der Waals surface area contributed by atoms with E-state index < -0.39 is 0 Å². The summed E-state index contributed by atoms with van der Waals surface area (Å²) in [5.41, 5.74) is 3.14. The molecule has 1 amide bonds. The van der Waals surface area contributed by atoms with E-state index in [4.69, 9.17) is 0 Å². The summed E-state index contributed by atoms with van der Waals surface area (Å²) in [5, 5.41) is 0. The highest BCUT2D eigenvalue weighted by Crippen LogP contribution is 2.30. The van der Waals surface area contributed by atoms with Gasteiger partial charge in [-0.05, 0) is 55.0 Å². The van der Waals surface area contributed by atoms with E-state index in [1.165, 1.54) is 24.9 Å². The molecule has 1 saturated heterocycles. The second kappa shape index (κ2) is 7.40. The smallest absolute Gasteiger partial charge is 0.253 e. The van der Waals surface area contributed by atoms with E-state index in [0.29, 0.717) is 0 Å². The third-order valence-corrected chi connectivity index (χ3v) is 5.33. The maximum atomic E-state index is 12.8. The fraction of sp³-hybridized carbons (Fsp3) is 0.409. The Bertz CT molecular complexity index is 707. The predicted molar refractivity (Wildman–Crippen MR) is 102 cm³/mol. The Labute approximate surface area is 150 Å². The Hall–Kier alpha value is -2.13. The van der Waals surface area contributed by atoms with E-state index in [2.05, 4.69) is 29.2 Å². The lowest BCUT2D eigenvalue weighted by atomic mass is 10.0. The van der Waals surface area contributed by atoms with Crippen molar-refractivity contribution in [1.82, 2.24) is 9.80 Å². The van der Waals surface area contributed by atoms with Crippen LogP contribution in [0, 0.1) is 5.92 Å². The molecule has 4 rings (SSSR count). The molecular weight excluding hydrogens is 308 g/mol. The van der Waals surface area contributed by atoms with Crippen molar-refractivity contribution >= 4 is 5.91 Å². The van der Waals surface area contributed by atoms with Crippen LogP contribution in [0.2, 0.25) is 0 Å². The van der Waals surface area contributed by atoms with Crippen molar-refractivity contribution in [3.05, 3.63) is 60.2 Å². The molecule has 0 bridgehead atoms. The molecule has 0 unspecified atom stereocenters. The minimum absolute atomic E-state index is 0.174. The van der Waals surface area contributed by atoms with E-state index in [1.807, 2.05) is 35.2 Å². The number of carbonyl (C=O) groups is 1. The standard InChI is InChI=1S/C22H26N2O/c25-22(24-14-4-13-23(15-16-24)17-18-7-8-18)21-11-9-20(10-12-21)19-5-2-1-3-6-19/h1-3,5-6,9-12,18H,4,7-8,13-17H2. The number of hydrogen-bond donors (Lipinski definition) is 0. The largest absolute Gasteiger partial charge is 0.337 e. The second-order valence-electron chi connectivity index (χ2n) is 7.33. The van der Waals surface area contributed by atoms with Crippen molar-refractivity contribution in [2.45, 2.75) is 19.3 Å². The van der Waals surface area contributed by atoms with Crippen molar-refractivity contribution < 1.29 is 4.79 Å². The van der Waals surface area contributed by atoms with Crippen LogP contribution in [0.4, 0.5) is 0 Å². The lowest BCUT2D eigenvalue weighted by Gasteiger charge is -2.22. The molecule has 2 aromatic rings. The number of hydrogen-bond acceptors (Lipinski definition) is 2. The van der Waals surface area contributed by atoms with Gasteiger partial charge in [-0.25, -0.2) is 0 Å². The van der Waals surface area contributed by atoms with E-state index in [1.54, 1.807) is 0 Å². The number of rotatable bonds is 4. The van der Waals surface area contributed by atoms with Gasteiger partial charge < -0.3 is 9.80 Å². The summed E-state index contributed by atoms with van der Waals surface area (Å²) in [7, 11) is 0. The second-order valence-corrected chi connectivity index (χ2v) is 7.33. The van der Waals surface area contributed by atoms with Gasteiger partial charge in [0.15, 0.2) is 0 Å². The average molecular weight is 334 g/mol. The Morgan fingerprint density at radius 2 is 1.56 bits per heavy atom. The molecule has 25 heavy (non-hydrogen) atoms. The summed E-state index contributed by atoms with van der Waals surface area (Å²) in [4.78, 5) is 17.4. The first-order chi connectivity index (χ1) is 12.3. The van der Waals surface area contributed by atoms with Crippen molar-refractivity contribution in [1.29, 1.82) is 0 Å². The van der Waals surface area contributed by atoms with Crippen LogP contribution >= 0.6 is 0 Å². The Morgan fingerprint density at radius 3 is 2.28 bits per heavy atom. The molecule has 1 aliphatic heterocycles. The SMILES string of the molecule is O=C(c1ccc(-c2ccccc2)cc1)N1CCCN(CC2CC2)CC1. The first kappa shape index (κ1) is 16.3. The average Bonchev–Trinajstić information content (AvgIpc) is 3.50. The monoisotopic (exact) mass is 334 g/mol. The topological polar surface area (TPSA) is 23.6 Å². The number of benzene rings is 2. The van der Waals surface area contributed by atoms with Crippen LogP contribution in [0.1, 0.15) is 29.6 Å². The fourth-order valence-corrected chi connectivity index (χ4v) is 3.64. The number of amides is 1. The zero-order chi connectivity index (χ0) is 17.1. The van der Waals surface area contributed by atoms with E-state index in [-0.39, 0.29) is 5.91 Å². The summed E-state index contributed by atoms with van der Waals surface area (Å²) in [6.45, 7) is 5.11. The lowest BCUT2D eigenvalue weighted by molar-refractivity contribution is 0.0761. The van der Waals surface area contributed by atoms with Gasteiger partial charge in [-0.1, -0.05) is 42.5 Å². The quantitative estimate of drug-likeness (QED) is 0.846. The predicted octanol–water partition coefficient (Wildman–Crippen LogP) is 3.91. The van der Waals surface area contributed by atoms with Crippen molar-refractivity contribution in [2.75, 3.05) is 32.7 Å². The molecule has 1 heterocycles. The maximum Gasteiger partial charge on any atom is 0.253 e. The van der Waals surface area contributed by atoms with Crippen LogP contribution in [0.25, 0.3) is 11.1 Å². The Kier molecular flexibility index (Phi) is 4.84. The summed E-state index contributed by atoms with van der Waals surface area (Å²) < 4.78 is 0. The van der Waals surface area contributed by atoms with Gasteiger partial charge in [0.05, 0.1) is 0 Å². The van der Waals surface area contributed by atoms with Crippen molar-refractivity contribution in [3.63, 3.8) is 0 Å². The molecule has 2 aliphatic rings. The van der Waals surface area contributed by atoms with Crippen LogP contribution in [0.15, 0.2) is 54.6 Å². The van der Waals surface area contributed by atoms with Gasteiger partial charge in [-0.15, -0.1) is 0 Å². The van der Waals surface area contributed by atoms with Crippen LogP contribution in [0.3, 0.4) is 0 Å². The third kappa shape index (κ3) is 4.10. The van der Waals surface area contributed by atoms with Crippen molar-refractivity contribution in [3.8, 4) is 11.1 Å². The van der Waals surface area contributed by atoms with Crippen LogP contribution in [-0.2, 0) is 0 Å². The first-order valence-electron chi connectivity index (χ1n) is 9.47. The highest BCUT2D eigenvalue weighted by molar-refractivity contribution is 5.94. The molecule has 0 radical (unpaired) electrons. The van der Waals surface area contributed by atoms with E-state index in [0.717, 1.165) is 49.6 Å². The first-order valence-corrected chi connectivity index (χ1v) is 9.47. The van der Waals surface area contributed by atoms with Crippen LogP contribution in [0.5, 0.6) is 0 Å². The summed E-state index contributed by atoms with van der Waals surface area (Å²) in [6, 6.07) is 18.3. The lowest BCUT2D eigenvalue weighted by Crippen LogP contribution is -2.35. The normalized spacial score (nSPS) is 18.8. The van der Waals surface area contributed by atoms with E-state index >= 15 is 0 Å². The molecule has 2 aromatic carbocycles. The molecule has 0 N–H and O–H groups in total. The summed E-state index contributed by atoms with van der Waals surface area (Å²) >= 11 is 0. The highest BCUT2D eigenvalue weighted by Gasteiger charge is 2.26. The van der Waals surface area contributed by atoms with Crippen LogP contribution in [-0.4, -0.2) is 48.4 Å². The van der Waals surface area contributed by atoms with Gasteiger partial charge in [0, 0.05) is 31.7 Å². The zero-order valence-electron chi connectivity index (χ0n) is 14.7. The molecule has 3 nitrogen and oxygen atoms in total. The number of carbonyl (C=O) groups excluding carboxylic acids is 1. The van der Waals surface area contributed by atoms with Gasteiger partial charge in [-0.3, -0.25) is 4.79 Å². The summed E-state index contributed by atoms with van der Waals surface area (Å²) in [5.74, 6) is 1.10. The number of nitrogens with zero attached hydrogens (tertiary/aromatic N) is 2. The molecule has 0 atom stereocenters. The van der Waals surface area contributed by atoms with Gasteiger partial charge in [0.1, 0.15) is 0 Å². The fourth-order valence-electron chi connectivity index (χ4n) is 3.64. The van der Waals surface area contributed by atoms with E-state index in [9.17, 15) is 4.79 Å². The Balaban J connectivity index is 1.40.